The molecule has 0 saturated carbocycles. The number of carbonyl (C=O) groups excluding carboxylic acids is 1. The topological polar surface area (TPSA) is 38.8 Å². The number of likely N-dealkylation sites (tertiary alicyclic amines) is 1. The number of hydrogen-bond acceptors (Lipinski definition) is 3. The van der Waals surface area contributed by atoms with Crippen LogP contribution in [0.3, 0.4) is 0 Å². The lowest BCUT2D eigenvalue weighted by Crippen LogP contribution is -2.29. The van der Waals surface area contributed by atoms with E-state index < -0.39 is 0 Å². The quantitative estimate of drug-likeness (QED) is 0.655. The first kappa shape index (κ1) is 18.5. The lowest BCUT2D eigenvalue weighted by Gasteiger charge is -2.25. The highest BCUT2D eigenvalue weighted by Crippen LogP contribution is 2.38. The minimum absolute atomic E-state index is 0.0216. The fourth-order valence-electron chi connectivity index (χ4n) is 3.28. The van der Waals surface area contributed by atoms with Crippen LogP contribution in [0.1, 0.15) is 30.0 Å². The summed E-state index contributed by atoms with van der Waals surface area (Å²) in [6, 6.07) is 13.7. The number of methoxy groups -OCH3 is 2. The van der Waals surface area contributed by atoms with Gasteiger partial charge >= 0.3 is 0 Å². The molecule has 1 aliphatic heterocycles. The molecule has 0 N–H and O–H groups in total. The second-order valence-electron chi connectivity index (χ2n) is 6.18. The Labute approximate surface area is 162 Å². The molecule has 1 unspecified atom stereocenters. The third-order valence-corrected chi connectivity index (χ3v) is 5.15. The molecule has 0 spiro atoms. The molecule has 1 atom stereocenters. The summed E-state index contributed by atoms with van der Waals surface area (Å²) in [5.74, 6) is 1.52. The Balaban J connectivity index is 1.79. The van der Waals surface area contributed by atoms with Crippen molar-refractivity contribution in [2.24, 2.45) is 0 Å². The average molecular weight is 416 g/mol. The summed E-state index contributed by atoms with van der Waals surface area (Å²) in [5, 5.41) is 0. The molecule has 136 valence electrons. The van der Waals surface area contributed by atoms with Gasteiger partial charge in [0, 0.05) is 28.7 Å². The first-order chi connectivity index (χ1) is 12.6. The Morgan fingerprint density at radius 3 is 2.62 bits per heavy atom. The van der Waals surface area contributed by atoms with Crippen LogP contribution in [0.4, 0.5) is 0 Å². The fraction of sp³-hybridized carbons (Fsp3) is 0.286. The van der Waals surface area contributed by atoms with E-state index in [1.54, 1.807) is 20.3 Å². The molecule has 1 aliphatic rings. The Hall–Kier alpha value is -2.27. The van der Waals surface area contributed by atoms with Crippen molar-refractivity contribution >= 4 is 27.9 Å². The van der Waals surface area contributed by atoms with Crippen molar-refractivity contribution in [3.63, 3.8) is 0 Å². The molecule has 4 nitrogen and oxygen atoms in total. The predicted molar refractivity (Wildman–Crippen MR) is 106 cm³/mol. The summed E-state index contributed by atoms with van der Waals surface area (Å²) in [5.41, 5.74) is 2.02. The smallest absolute Gasteiger partial charge is 0.247 e. The fourth-order valence-corrected chi connectivity index (χ4v) is 3.55. The molecule has 5 heteroatoms. The largest absolute Gasteiger partial charge is 0.497 e. The van der Waals surface area contributed by atoms with Crippen molar-refractivity contribution in [3.8, 4) is 11.5 Å². The highest BCUT2D eigenvalue weighted by atomic mass is 79.9. The van der Waals surface area contributed by atoms with Gasteiger partial charge in [-0.3, -0.25) is 4.79 Å². The average Bonchev–Trinajstić information content (AvgIpc) is 3.16. The molecule has 0 bridgehead atoms. The van der Waals surface area contributed by atoms with Gasteiger partial charge in [0.1, 0.15) is 11.5 Å². The molecule has 3 rings (SSSR count). The maximum Gasteiger partial charge on any atom is 0.247 e. The number of carbonyl (C=O) groups is 1. The summed E-state index contributed by atoms with van der Waals surface area (Å²) >= 11 is 3.42. The van der Waals surface area contributed by atoms with E-state index in [1.165, 1.54) is 0 Å². The van der Waals surface area contributed by atoms with Gasteiger partial charge in [0.15, 0.2) is 0 Å². The van der Waals surface area contributed by atoms with Gasteiger partial charge in [0.25, 0.3) is 0 Å². The zero-order valence-electron chi connectivity index (χ0n) is 14.9. The predicted octanol–water partition coefficient (Wildman–Crippen LogP) is 4.84. The third-order valence-electron chi connectivity index (χ3n) is 4.62. The summed E-state index contributed by atoms with van der Waals surface area (Å²) in [4.78, 5) is 14.7. The summed E-state index contributed by atoms with van der Waals surface area (Å²) in [7, 11) is 3.28. The molecular formula is C21H22BrNO3. The molecule has 1 amide bonds. The summed E-state index contributed by atoms with van der Waals surface area (Å²) in [6.07, 6.45) is 5.42. The number of benzene rings is 2. The van der Waals surface area contributed by atoms with E-state index in [0.29, 0.717) is 0 Å². The van der Waals surface area contributed by atoms with Crippen molar-refractivity contribution in [3.05, 3.63) is 64.1 Å². The van der Waals surface area contributed by atoms with Crippen LogP contribution >= 0.6 is 15.9 Å². The van der Waals surface area contributed by atoms with Crippen LogP contribution in [0.25, 0.3) is 6.08 Å². The van der Waals surface area contributed by atoms with Crippen molar-refractivity contribution in [1.82, 2.24) is 4.90 Å². The number of amides is 1. The number of nitrogens with zero attached hydrogens (tertiary/aromatic N) is 1. The highest BCUT2D eigenvalue weighted by Gasteiger charge is 2.30. The Morgan fingerprint density at radius 1 is 1.15 bits per heavy atom. The number of ether oxygens (including phenoxy) is 2. The minimum Gasteiger partial charge on any atom is -0.497 e. The highest BCUT2D eigenvalue weighted by molar-refractivity contribution is 9.10. The van der Waals surface area contributed by atoms with E-state index in [2.05, 4.69) is 15.9 Å². The molecule has 1 heterocycles. The maximum atomic E-state index is 12.8. The Morgan fingerprint density at radius 2 is 1.92 bits per heavy atom. The SMILES string of the molecule is COc1ccc(C2CCCN2C(=O)C=Cc2ccc(Br)cc2)c(OC)c1. The lowest BCUT2D eigenvalue weighted by atomic mass is 10.0. The lowest BCUT2D eigenvalue weighted by molar-refractivity contribution is -0.126. The van der Waals surface area contributed by atoms with Crippen LogP contribution < -0.4 is 9.47 Å². The van der Waals surface area contributed by atoms with Gasteiger partial charge in [-0.25, -0.2) is 0 Å². The van der Waals surface area contributed by atoms with Crippen LogP contribution in [0, 0.1) is 0 Å². The zero-order chi connectivity index (χ0) is 18.5. The van der Waals surface area contributed by atoms with Crippen molar-refractivity contribution in [2.75, 3.05) is 20.8 Å². The molecular weight excluding hydrogens is 394 g/mol. The van der Waals surface area contributed by atoms with Crippen LogP contribution in [-0.4, -0.2) is 31.6 Å². The monoisotopic (exact) mass is 415 g/mol. The van der Waals surface area contributed by atoms with E-state index in [-0.39, 0.29) is 11.9 Å². The minimum atomic E-state index is 0.0216. The molecule has 2 aromatic carbocycles. The van der Waals surface area contributed by atoms with Gasteiger partial charge in [-0.1, -0.05) is 28.1 Å². The van der Waals surface area contributed by atoms with Crippen molar-refractivity contribution in [2.45, 2.75) is 18.9 Å². The van der Waals surface area contributed by atoms with Gasteiger partial charge in [-0.05, 0) is 48.7 Å². The van der Waals surface area contributed by atoms with Gasteiger partial charge in [-0.2, -0.15) is 0 Å². The van der Waals surface area contributed by atoms with Crippen LogP contribution in [-0.2, 0) is 4.79 Å². The molecule has 1 saturated heterocycles. The molecule has 0 aromatic heterocycles. The number of rotatable bonds is 5. The Kier molecular flexibility index (Phi) is 5.99. The van der Waals surface area contributed by atoms with Crippen molar-refractivity contribution < 1.29 is 14.3 Å². The normalized spacial score (nSPS) is 16.9. The van der Waals surface area contributed by atoms with Crippen LogP contribution in [0.15, 0.2) is 53.0 Å². The van der Waals surface area contributed by atoms with Crippen LogP contribution in [0.2, 0.25) is 0 Å². The summed E-state index contributed by atoms with van der Waals surface area (Å²) < 4.78 is 11.8. The Bertz CT molecular complexity index is 801. The number of hydrogen-bond donors (Lipinski definition) is 0. The van der Waals surface area contributed by atoms with E-state index >= 15 is 0 Å². The number of halogens is 1. The van der Waals surface area contributed by atoms with Crippen molar-refractivity contribution in [1.29, 1.82) is 0 Å². The van der Waals surface area contributed by atoms with Crippen LogP contribution in [0.5, 0.6) is 11.5 Å². The third kappa shape index (κ3) is 4.10. The molecule has 0 aliphatic carbocycles. The molecule has 1 fully saturated rings. The first-order valence-corrected chi connectivity index (χ1v) is 9.38. The van der Waals surface area contributed by atoms with Gasteiger partial charge < -0.3 is 14.4 Å². The van der Waals surface area contributed by atoms with Gasteiger partial charge in [0.05, 0.1) is 20.3 Å². The zero-order valence-corrected chi connectivity index (χ0v) is 16.5. The van der Waals surface area contributed by atoms with E-state index in [1.807, 2.05) is 53.4 Å². The maximum absolute atomic E-state index is 12.8. The standard InChI is InChI=1S/C21H22BrNO3/c1-25-17-10-11-18(20(14-17)26-2)19-4-3-13-23(19)21(24)12-7-15-5-8-16(22)9-6-15/h5-12,14,19H,3-4,13H2,1-2H3. The van der Waals surface area contributed by atoms with E-state index in [0.717, 1.165) is 46.5 Å². The van der Waals surface area contributed by atoms with Gasteiger partial charge in [-0.15, -0.1) is 0 Å². The second kappa shape index (κ2) is 8.41. The second-order valence-corrected chi connectivity index (χ2v) is 7.10. The molecule has 0 radical (unpaired) electrons. The molecule has 2 aromatic rings. The van der Waals surface area contributed by atoms with E-state index in [9.17, 15) is 4.79 Å². The van der Waals surface area contributed by atoms with Gasteiger partial charge in [0.2, 0.25) is 5.91 Å². The molecule has 26 heavy (non-hydrogen) atoms. The summed E-state index contributed by atoms with van der Waals surface area (Å²) in [6.45, 7) is 0.753. The first-order valence-electron chi connectivity index (χ1n) is 8.58. The van der Waals surface area contributed by atoms with E-state index in [4.69, 9.17) is 9.47 Å².